The van der Waals surface area contributed by atoms with E-state index < -0.39 is 0 Å². The second kappa shape index (κ2) is 5.97. The zero-order valence-corrected chi connectivity index (χ0v) is 11.9. The number of ether oxygens (including phenoxy) is 1. The number of likely N-dealkylation sites (N-methyl/N-ethyl adjacent to an activating group) is 1. The Morgan fingerprint density at radius 3 is 3.06 bits per heavy atom. The molecule has 6 heteroatoms. The summed E-state index contributed by atoms with van der Waals surface area (Å²) in [5.41, 5.74) is 0. The molecule has 0 atom stereocenters. The van der Waals surface area contributed by atoms with Gasteiger partial charge in [0.1, 0.15) is 4.88 Å². The van der Waals surface area contributed by atoms with Crippen molar-refractivity contribution in [3.63, 3.8) is 0 Å². The van der Waals surface area contributed by atoms with Crippen molar-refractivity contribution in [2.75, 3.05) is 25.6 Å². The van der Waals surface area contributed by atoms with Crippen molar-refractivity contribution in [2.24, 2.45) is 0 Å². The summed E-state index contributed by atoms with van der Waals surface area (Å²) in [6, 6.07) is 4.18. The molecule has 0 saturated carbocycles. The molecule has 0 amide bonds. The van der Waals surface area contributed by atoms with Crippen molar-refractivity contribution in [3.8, 4) is 0 Å². The molecule has 2 aromatic heterocycles. The molecule has 0 aliphatic carbocycles. The van der Waals surface area contributed by atoms with Crippen LogP contribution in [0.2, 0.25) is 0 Å². The van der Waals surface area contributed by atoms with E-state index in [9.17, 15) is 4.79 Å². The van der Waals surface area contributed by atoms with Crippen molar-refractivity contribution in [3.05, 3.63) is 33.5 Å². The first-order chi connectivity index (χ1) is 8.70. The summed E-state index contributed by atoms with van der Waals surface area (Å²) in [6.45, 7) is 0.884. The van der Waals surface area contributed by atoms with Gasteiger partial charge in [0.15, 0.2) is 5.13 Å². The van der Waals surface area contributed by atoms with Crippen molar-refractivity contribution in [1.29, 1.82) is 0 Å². The Bertz CT molecular complexity index is 508. The predicted octanol–water partition coefficient (Wildman–Crippen LogP) is 2.67. The highest BCUT2D eigenvalue weighted by atomic mass is 32.1. The van der Waals surface area contributed by atoms with E-state index in [1.807, 2.05) is 7.05 Å². The SMILES string of the molecule is COC(=O)c1cnc(N(C)CCc2cccs2)s1. The number of esters is 1. The zero-order valence-electron chi connectivity index (χ0n) is 10.3. The van der Waals surface area contributed by atoms with Crippen molar-refractivity contribution in [2.45, 2.75) is 6.42 Å². The van der Waals surface area contributed by atoms with Crippen LogP contribution in [0.3, 0.4) is 0 Å². The van der Waals surface area contributed by atoms with Crippen LogP contribution in [0.1, 0.15) is 14.5 Å². The van der Waals surface area contributed by atoms with E-state index in [-0.39, 0.29) is 5.97 Å². The predicted molar refractivity (Wildman–Crippen MR) is 74.7 cm³/mol. The molecule has 0 aromatic carbocycles. The van der Waals surface area contributed by atoms with Gasteiger partial charge in [0.2, 0.25) is 0 Å². The highest BCUT2D eigenvalue weighted by Crippen LogP contribution is 2.22. The van der Waals surface area contributed by atoms with Crippen molar-refractivity contribution in [1.82, 2.24) is 4.98 Å². The number of methoxy groups -OCH3 is 1. The second-order valence-corrected chi connectivity index (χ2v) is 5.79. The first kappa shape index (κ1) is 13.0. The number of aromatic nitrogens is 1. The van der Waals surface area contributed by atoms with E-state index in [4.69, 9.17) is 0 Å². The van der Waals surface area contributed by atoms with Crippen LogP contribution in [0.4, 0.5) is 5.13 Å². The number of thiazole rings is 1. The van der Waals surface area contributed by atoms with Crippen LogP contribution >= 0.6 is 22.7 Å². The molecule has 0 radical (unpaired) electrons. The molecule has 18 heavy (non-hydrogen) atoms. The van der Waals surface area contributed by atoms with Gasteiger partial charge in [-0.15, -0.1) is 11.3 Å². The van der Waals surface area contributed by atoms with Crippen molar-refractivity contribution < 1.29 is 9.53 Å². The normalized spacial score (nSPS) is 10.3. The van der Waals surface area contributed by atoms with Gasteiger partial charge in [0.05, 0.1) is 13.3 Å². The molecular formula is C12H14N2O2S2. The van der Waals surface area contributed by atoms with Crippen LogP contribution in [0.5, 0.6) is 0 Å². The molecule has 0 fully saturated rings. The number of thiophene rings is 1. The van der Waals surface area contributed by atoms with E-state index in [1.54, 1.807) is 17.5 Å². The summed E-state index contributed by atoms with van der Waals surface area (Å²) in [7, 11) is 3.36. The number of hydrogen-bond acceptors (Lipinski definition) is 6. The number of carbonyl (C=O) groups excluding carboxylic acids is 1. The first-order valence-electron chi connectivity index (χ1n) is 5.48. The summed E-state index contributed by atoms with van der Waals surface area (Å²) >= 11 is 3.11. The number of nitrogens with zero attached hydrogens (tertiary/aromatic N) is 2. The molecule has 2 heterocycles. The standard InChI is InChI=1S/C12H14N2O2S2/c1-14(6-5-9-4-3-7-17-9)12-13-8-10(18-12)11(15)16-2/h3-4,7-8H,5-6H2,1-2H3. The highest BCUT2D eigenvalue weighted by molar-refractivity contribution is 7.17. The van der Waals surface area contributed by atoms with Gasteiger partial charge in [-0.3, -0.25) is 0 Å². The third-order valence-electron chi connectivity index (χ3n) is 2.48. The van der Waals surface area contributed by atoms with E-state index in [1.165, 1.54) is 23.3 Å². The third-order valence-corrected chi connectivity index (χ3v) is 4.51. The number of hydrogen-bond donors (Lipinski definition) is 0. The van der Waals surface area contributed by atoms with Gasteiger partial charge in [-0.05, 0) is 17.9 Å². The minimum absolute atomic E-state index is 0.328. The largest absolute Gasteiger partial charge is 0.465 e. The summed E-state index contributed by atoms with van der Waals surface area (Å²) in [6.07, 6.45) is 2.55. The van der Waals surface area contributed by atoms with E-state index in [2.05, 4.69) is 32.1 Å². The zero-order chi connectivity index (χ0) is 13.0. The van der Waals surface area contributed by atoms with Crippen LogP contribution in [0.25, 0.3) is 0 Å². The fraction of sp³-hybridized carbons (Fsp3) is 0.333. The quantitative estimate of drug-likeness (QED) is 0.791. The van der Waals surface area contributed by atoms with Crippen LogP contribution < -0.4 is 4.90 Å². The van der Waals surface area contributed by atoms with Gasteiger partial charge in [0.25, 0.3) is 0 Å². The number of carbonyl (C=O) groups is 1. The molecule has 0 aliphatic rings. The van der Waals surface area contributed by atoms with Crippen LogP contribution in [-0.2, 0) is 11.2 Å². The summed E-state index contributed by atoms with van der Waals surface area (Å²) < 4.78 is 4.66. The molecule has 0 bridgehead atoms. The molecular weight excluding hydrogens is 268 g/mol. The Labute approximate surface area is 114 Å². The fourth-order valence-electron chi connectivity index (χ4n) is 1.46. The highest BCUT2D eigenvalue weighted by Gasteiger charge is 2.13. The lowest BCUT2D eigenvalue weighted by Gasteiger charge is -2.14. The first-order valence-corrected chi connectivity index (χ1v) is 7.18. The van der Waals surface area contributed by atoms with Gasteiger partial charge in [0, 0.05) is 18.5 Å². The minimum Gasteiger partial charge on any atom is -0.465 e. The molecule has 0 N–H and O–H groups in total. The smallest absolute Gasteiger partial charge is 0.349 e. The van der Waals surface area contributed by atoms with Gasteiger partial charge in [-0.2, -0.15) is 0 Å². The molecule has 2 rings (SSSR count). The summed E-state index contributed by atoms with van der Waals surface area (Å²) in [4.78, 5) is 19.5. The number of rotatable bonds is 5. The van der Waals surface area contributed by atoms with E-state index in [0.29, 0.717) is 4.88 Å². The molecule has 0 spiro atoms. The molecule has 2 aromatic rings. The Hall–Kier alpha value is -1.40. The maximum atomic E-state index is 11.3. The minimum atomic E-state index is -0.328. The Kier molecular flexibility index (Phi) is 4.33. The molecule has 96 valence electrons. The van der Waals surface area contributed by atoms with Crippen LogP contribution in [0.15, 0.2) is 23.7 Å². The fourth-order valence-corrected chi connectivity index (χ4v) is 2.98. The molecule has 0 saturated heterocycles. The van der Waals surface area contributed by atoms with Gasteiger partial charge in [-0.25, -0.2) is 9.78 Å². The summed E-state index contributed by atoms with van der Waals surface area (Å²) in [5.74, 6) is -0.328. The van der Waals surface area contributed by atoms with Crippen LogP contribution in [-0.4, -0.2) is 31.7 Å². The number of anilines is 1. The van der Waals surface area contributed by atoms with Crippen LogP contribution in [0, 0.1) is 0 Å². The van der Waals surface area contributed by atoms with Gasteiger partial charge < -0.3 is 9.64 Å². The lowest BCUT2D eigenvalue weighted by Crippen LogP contribution is -2.19. The summed E-state index contributed by atoms with van der Waals surface area (Å²) in [5, 5.41) is 2.92. The molecule has 0 aliphatic heterocycles. The second-order valence-electron chi connectivity index (χ2n) is 3.75. The Morgan fingerprint density at radius 2 is 2.39 bits per heavy atom. The van der Waals surface area contributed by atoms with Gasteiger partial charge in [-0.1, -0.05) is 17.4 Å². The third kappa shape index (κ3) is 3.08. The molecule has 4 nitrogen and oxygen atoms in total. The topological polar surface area (TPSA) is 42.4 Å². The molecule has 0 unspecified atom stereocenters. The van der Waals surface area contributed by atoms with Crippen molar-refractivity contribution >= 4 is 33.8 Å². The monoisotopic (exact) mass is 282 g/mol. The lowest BCUT2D eigenvalue weighted by atomic mass is 10.3. The average Bonchev–Trinajstić information content (AvgIpc) is 3.05. The van der Waals surface area contributed by atoms with E-state index >= 15 is 0 Å². The Morgan fingerprint density at radius 1 is 1.56 bits per heavy atom. The van der Waals surface area contributed by atoms with Gasteiger partial charge >= 0.3 is 5.97 Å². The Balaban J connectivity index is 1.94. The average molecular weight is 282 g/mol. The van der Waals surface area contributed by atoms with E-state index in [0.717, 1.165) is 18.1 Å². The maximum absolute atomic E-state index is 11.3. The maximum Gasteiger partial charge on any atom is 0.349 e. The lowest BCUT2D eigenvalue weighted by molar-refractivity contribution is 0.0606.